The fourth-order valence-corrected chi connectivity index (χ4v) is 3.22. The lowest BCUT2D eigenvalue weighted by molar-refractivity contribution is -0.123. The lowest BCUT2D eigenvalue weighted by Crippen LogP contribution is -2.34. The molecule has 1 amide bonds. The Morgan fingerprint density at radius 2 is 2.24 bits per heavy atom. The maximum Gasteiger partial charge on any atom is 0.356 e. The molecule has 1 saturated carbocycles. The molecule has 0 radical (unpaired) electrons. The fourth-order valence-electron chi connectivity index (χ4n) is 3.22. The highest BCUT2D eigenvalue weighted by Crippen LogP contribution is 2.58. The van der Waals surface area contributed by atoms with Gasteiger partial charge in [0.15, 0.2) is 5.69 Å². The third-order valence-electron chi connectivity index (χ3n) is 4.63. The Bertz CT molecular complexity index is 548. The van der Waals surface area contributed by atoms with Crippen LogP contribution < -0.4 is 10.6 Å². The predicted octanol–water partition coefficient (Wildman–Crippen LogP) is 0.0872. The maximum atomic E-state index is 12.1. The number of hydrogen-bond donors (Lipinski definition) is 3. The number of imidazole rings is 1. The maximum absolute atomic E-state index is 12.1. The number of aromatic carboxylic acids is 1. The van der Waals surface area contributed by atoms with E-state index < -0.39 is 5.97 Å². The van der Waals surface area contributed by atoms with Gasteiger partial charge in [0.2, 0.25) is 5.91 Å². The first-order valence-corrected chi connectivity index (χ1v) is 7.34. The van der Waals surface area contributed by atoms with Crippen LogP contribution in [-0.4, -0.2) is 46.2 Å². The number of piperidine rings is 1. The van der Waals surface area contributed by atoms with Crippen LogP contribution in [0.5, 0.6) is 0 Å². The molecule has 1 aliphatic carbocycles. The number of nitrogens with one attached hydrogen (secondary N) is 2. The van der Waals surface area contributed by atoms with Crippen molar-refractivity contribution in [3.05, 3.63) is 18.2 Å². The fraction of sp³-hybridized carbons (Fsp3) is 0.643. The summed E-state index contributed by atoms with van der Waals surface area (Å²) in [7, 11) is 0. The van der Waals surface area contributed by atoms with Crippen LogP contribution in [0, 0.1) is 11.3 Å². The summed E-state index contributed by atoms with van der Waals surface area (Å²) in [6.07, 6.45) is 6.14. The molecule has 2 fully saturated rings. The van der Waals surface area contributed by atoms with Gasteiger partial charge in [-0.2, -0.15) is 0 Å². The Morgan fingerprint density at radius 1 is 1.48 bits per heavy atom. The van der Waals surface area contributed by atoms with Gasteiger partial charge in [-0.05, 0) is 37.8 Å². The topological polar surface area (TPSA) is 96.2 Å². The third-order valence-corrected chi connectivity index (χ3v) is 4.63. The molecule has 2 heterocycles. The van der Waals surface area contributed by atoms with Crippen molar-refractivity contribution < 1.29 is 14.7 Å². The summed E-state index contributed by atoms with van der Waals surface area (Å²) in [5.41, 5.74) is 0.276. The molecule has 7 heteroatoms. The van der Waals surface area contributed by atoms with Crippen molar-refractivity contribution in [2.75, 3.05) is 19.6 Å². The van der Waals surface area contributed by atoms with Gasteiger partial charge in [-0.1, -0.05) is 0 Å². The Hall–Kier alpha value is -1.89. The number of carbonyl (C=O) groups excluding carboxylic acids is 1. The van der Waals surface area contributed by atoms with Crippen LogP contribution in [0.3, 0.4) is 0 Å². The molecular weight excluding hydrogens is 272 g/mol. The quantitative estimate of drug-likeness (QED) is 0.714. The van der Waals surface area contributed by atoms with Gasteiger partial charge in [0.1, 0.15) is 0 Å². The molecule has 1 saturated heterocycles. The van der Waals surface area contributed by atoms with Gasteiger partial charge in [-0.15, -0.1) is 0 Å². The molecule has 1 spiro atoms. The Balaban J connectivity index is 1.43. The van der Waals surface area contributed by atoms with Crippen LogP contribution in [0.15, 0.2) is 12.5 Å². The lowest BCUT2D eigenvalue weighted by Gasteiger charge is -2.23. The van der Waals surface area contributed by atoms with Crippen LogP contribution in [0.25, 0.3) is 0 Å². The first-order valence-electron chi connectivity index (χ1n) is 7.34. The zero-order valence-corrected chi connectivity index (χ0v) is 11.8. The molecule has 1 unspecified atom stereocenters. The SMILES string of the molecule is O=C(O)c1cn(CCNC(=O)C2CC23CCNCC3)cn1. The van der Waals surface area contributed by atoms with Crippen molar-refractivity contribution in [3.8, 4) is 0 Å². The molecular formula is C14H20N4O3. The number of carbonyl (C=O) groups is 2. The van der Waals surface area contributed by atoms with Gasteiger partial charge in [0, 0.05) is 25.2 Å². The Morgan fingerprint density at radius 3 is 2.90 bits per heavy atom. The van der Waals surface area contributed by atoms with Crippen LogP contribution >= 0.6 is 0 Å². The van der Waals surface area contributed by atoms with Crippen molar-refractivity contribution in [2.45, 2.75) is 25.8 Å². The van der Waals surface area contributed by atoms with Crippen LogP contribution in [0.1, 0.15) is 29.8 Å². The van der Waals surface area contributed by atoms with Crippen molar-refractivity contribution >= 4 is 11.9 Å². The average Bonchev–Trinajstić information content (AvgIpc) is 2.95. The van der Waals surface area contributed by atoms with Crippen molar-refractivity contribution in [3.63, 3.8) is 0 Å². The highest BCUT2D eigenvalue weighted by Gasteiger charge is 2.57. The molecule has 1 aromatic heterocycles. The number of carboxylic acid groups (broad SMARTS) is 1. The summed E-state index contributed by atoms with van der Waals surface area (Å²) in [6.45, 7) is 3.06. The van der Waals surface area contributed by atoms with E-state index in [2.05, 4.69) is 15.6 Å². The zero-order chi connectivity index (χ0) is 14.9. The van der Waals surface area contributed by atoms with E-state index in [4.69, 9.17) is 5.11 Å². The summed E-state index contributed by atoms with van der Waals surface area (Å²) in [6, 6.07) is 0. The summed E-state index contributed by atoms with van der Waals surface area (Å²) < 4.78 is 1.68. The number of nitrogens with zero attached hydrogens (tertiary/aromatic N) is 2. The number of carboxylic acids is 1. The van der Waals surface area contributed by atoms with Crippen molar-refractivity contribution in [2.24, 2.45) is 11.3 Å². The van der Waals surface area contributed by atoms with Crippen LogP contribution in [0.4, 0.5) is 0 Å². The average molecular weight is 292 g/mol. The van der Waals surface area contributed by atoms with E-state index in [-0.39, 0.29) is 22.9 Å². The van der Waals surface area contributed by atoms with Crippen molar-refractivity contribution in [1.29, 1.82) is 0 Å². The highest BCUT2D eigenvalue weighted by atomic mass is 16.4. The van der Waals surface area contributed by atoms with Gasteiger partial charge < -0.3 is 20.3 Å². The van der Waals surface area contributed by atoms with Crippen LogP contribution in [0.2, 0.25) is 0 Å². The standard InChI is InChI=1S/C14H20N4O3/c19-12(10-7-14(10)1-3-15-4-2-14)16-5-6-18-8-11(13(20)21)17-9-18/h8-10,15H,1-7H2,(H,16,19)(H,20,21). The minimum Gasteiger partial charge on any atom is -0.476 e. The van der Waals surface area contributed by atoms with E-state index in [1.807, 2.05) is 0 Å². The van der Waals surface area contributed by atoms with E-state index in [0.29, 0.717) is 13.1 Å². The first kappa shape index (κ1) is 14.1. The molecule has 1 aliphatic heterocycles. The van der Waals surface area contributed by atoms with E-state index in [1.54, 1.807) is 4.57 Å². The van der Waals surface area contributed by atoms with Gasteiger partial charge in [-0.25, -0.2) is 9.78 Å². The second kappa shape index (κ2) is 5.48. The molecule has 7 nitrogen and oxygen atoms in total. The molecule has 114 valence electrons. The van der Waals surface area contributed by atoms with Crippen LogP contribution in [-0.2, 0) is 11.3 Å². The molecule has 1 aromatic rings. The number of amides is 1. The molecule has 1 atom stereocenters. The minimum absolute atomic E-state index is 0.0252. The lowest BCUT2D eigenvalue weighted by atomic mass is 9.92. The third kappa shape index (κ3) is 2.92. The number of aromatic nitrogens is 2. The van der Waals surface area contributed by atoms with Gasteiger partial charge in [0.05, 0.1) is 6.33 Å². The molecule has 3 N–H and O–H groups in total. The summed E-state index contributed by atoms with van der Waals surface area (Å²) in [4.78, 5) is 26.6. The second-order valence-corrected chi connectivity index (χ2v) is 5.96. The van der Waals surface area contributed by atoms with E-state index in [9.17, 15) is 9.59 Å². The number of rotatable bonds is 5. The molecule has 21 heavy (non-hydrogen) atoms. The van der Waals surface area contributed by atoms with E-state index in [1.165, 1.54) is 12.5 Å². The summed E-state index contributed by atoms with van der Waals surface area (Å²) in [5.74, 6) is -0.740. The normalized spacial score (nSPS) is 23.0. The van der Waals surface area contributed by atoms with Gasteiger partial charge >= 0.3 is 5.97 Å². The molecule has 0 aromatic carbocycles. The van der Waals surface area contributed by atoms with Gasteiger partial charge in [-0.3, -0.25) is 4.79 Å². The Kier molecular flexibility index (Phi) is 3.67. The largest absolute Gasteiger partial charge is 0.476 e. The molecule has 3 rings (SSSR count). The van der Waals surface area contributed by atoms with Gasteiger partial charge in [0.25, 0.3) is 0 Å². The second-order valence-electron chi connectivity index (χ2n) is 5.96. The zero-order valence-electron chi connectivity index (χ0n) is 11.8. The van der Waals surface area contributed by atoms with E-state index in [0.717, 1.165) is 32.4 Å². The van der Waals surface area contributed by atoms with Crippen molar-refractivity contribution in [1.82, 2.24) is 20.2 Å². The Labute approximate surface area is 122 Å². The molecule has 2 aliphatic rings. The summed E-state index contributed by atoms with van der Waals surface area (Å²) in [5, 5.41) is 15.1. The molecule has 0 bridgehead atoms. The predicted molar refractivity (Wildman–Crippen MR) is 74.8 cm³/mol. The highest BCUT2D eigenvalue weighted by molar-refractivity contribution is 5.85. The first-order chi connectivity index (χ1) is 10.1. The smallest absolute Gasteiger partial charge is 0.356 e. The monoisotopic (exact) mass is 292 g/mol. The number of hydrogen-bond acceptors (Lipinski definition) is 4. The summed E-state index contributed by atoms with van der Waals surface area (Å²) >= 11 is 0. The minimum atomic E-state index is -1.04. The van der Waals surface area contributed by atoms with E-state index >= 15 is 0 Å².